The molecule has 1 aliphatic rings. The number of ether oxygens (including phenoxy) is 1. The Balaban J connectivity index is 1.74. The van der Waals surface area contributed by atoms with Gasteiger partial charge in [0.15, 0.2) is 5.17 Å². The lowest BCUT2D eigenvalue weighted by molar-refractivity contribution is -0.116. The predicted octanol–water partition coefficient (Wildman–Crippen LogP) is 4.12. The van der Waals surface area contributed by atoms with Crippen LogP contribution in [0, 0.1) is 6.92 Å². The van der Waals surface area contributed by atoms with Gasteiger partial charge in [-0.3, -0.25) is 19.5 Å². The van der Waals surface area contributed by atoms with Gasteiger partial charge in [-0.1, -0.05) is 41.6 Å². The lowest BCUT2D eigenvalue weighted by Gasteiger charge is -2.21. The average Bonchev–Trinajstić information content (AvgIpc) is 3.02. The van der Waals surface area contributed by atoms with Crippen LogP contribution in [0.25, 0.3) is 0 Å². The Bertz CT molecular complexity index is 948. The number of para-hydroxylation sites is 1. The van der Waals surface area contributed by atoms with Crippen molar-refractivity contribution >= 4 is 51.7 Å². The van der Waals surface area contributed by atoms with Crippen LogP contribution in [-0.4, -0.2) is 35.9 Å². The van der Waals surface area contributed by atoms with Gasteiger partial charge in [0.25, 0.3) is 5.91 Å². The van der Waals surface area contributed by atoms with E-state index in [0.717, 1.165) is 5.56 Å². The first-order valence-electron chi connectivity index (χ1n) is 8.65. The molecule has 2 aromatic rings. The number of carbonyl (C=O) groups excluding carboxylic acids is 2. The summed E-state index contributed by atoms with van der Waals surface area (Å²) in [5, 5.41) is 3.30. The number of amidine groups is 1. The minimum atomic E-state index is -0.486. The quantitative estimate of drug-likeness (QED) is 0.794. The van der Waals surface area contributed by atoms with Crippen molar-refractivity contribution in [2.45, 2.75) is 19.1 Å². The van der Waals surface area contributed by atoms with Gasteiger partial charge in [0.05, 0.1) is 28.8 Å². The molecule has 0 aliphatic carbocycles. The molecule has 1 aliphatic heterocycles. The van der Waals surface area contributed by atoms with Gasteiger partial charge in [0.1, 0.15) is 12.3 Å². The van der Waals surface area contributed by atoms with E-state index in [1.165, 1.54) is 16.7 Å². The van der Waals surface area contributed by atoms with Crippen LogP contribution in [-0.2, 0) is 9.59 Å². The standard InChI is InChI=1S/C20H20ClN3O3S/c1-12-8-9-17(27-3)15(10-12)23-19(26)13(2)28-20-22-11-18(25)24(20)16-7-5-4-6-14(16)21/h4-10,13H,11H2,1-3H3,(H,23,26)/t13-/m0/s1. The molecule has 28 heavy (non-hydrogen) atoms. The molecule has 0 unspecified atom stereocenters. The number of aryl methyl sites for hydroxylation is 1. The summed E-state index contributed by atoms with van der Waals surface area (Å²) in [5.41, 5.74) is 2.17. The van der Waals surface area contributed by atoms with Crippen molar-refractivity contribution in [3.63, 3.8) is 0 Å². The van der Waals surface area contributed by atoms with Gasteiger partial charge in [-0.05, 0) is 43.7 Å². The monoisotopic (exact) mass is 417 g/mol. The second-order valence-electron chi connectivity index (χ2n) is 6.23. The summed E-state index contributed by atoms with van der Waals surface area (Å²) in [4.78, 5) is 30.8. The van der Waals surface area contributed by atoms with Crippen LogP contribution in [0.1, 0.15) is 12.5 Å². The van der Waals surface area contributed by atoms with E-state index in [0.29, 0.717) is 27.3 Å². The van der Waals surface area contributed by atoms with Gasteiger partial charge in [-0.15, -0.1) is 0 Å². The third kappa shape index (κ3) is 4.31. The number of halogens is 1. The molecule has 1 heterocycles. The first-order valence-corrected chi connectivity index (χ1v) is 9.90. The van der Waals surface area contributed by atoms with Crippen molar-refractivity contribution in [3.05, 3.63) is 53.1 Å². The molecule has 2 aromatic carbocycles. The largest absolute Gasteiger partial charge is 0.495 e. The fourth-order valence-corrected chi connectivity index (χ4v) is 3.86. The van der Waals surface area contributed by atoms with Crippen molar-refractivity contribution in [1.29, 1.82) is 0 Å². The molecule has 0 saturated carbocycles. The smallest absolute Gasteiger partial charge is 0.254 e. The Hall–Kier alpha value is -2.51. The van der Waals surface area contributed by atoms with Crippen molar-refractivity contribution in [2.24, 2.45) is 4.99 Å². The van der Waals surface area contributed by atoms with Crippen LogP contribution in [0.5, 0.6) is 5.75 Å². The van der Waals surface area contributed by atoms with Crippen LogP contribution < -0.4 is 15.0 Å². The van der Waals surface area contributed by atoms with Crippen molar-refractivity contribution in [2.75, 3.05) is 23.9 Å². The van der Waals surface area contributed by atoms with E-state index in [1.807, 2.05) is 25.1 Å². The summed E-state index contributed by atoms with van der Waals surface area (Å²) in [6.45, 7) is 3.74. The first-order chi connectivity index (χ1) is 13.4. The van der Waals surface area contributed by atoms with Crippen molar-refractivity contribution < 1.29 is 14.3 Å². The maximum absolute atomic E-state index is 12.7. The number of hydrogen-bond donors (Lipinski definition) is 1. The van der Waals surface area contributed by atoms with Crippen LogP contribution in [0.2, 0.25) is 5.02 Å². The molecule has 2 amide bonds. The zero-order valence-electron chi connectivity index (χ0n) is 15.7. The maximum atomic E-state index is 12.7. The Morgan fingerprint density at radius 2 is 2.07 bits per heavy atom. The third-order valence-corrected chi connectivity index (χ3v) is 5.56. The maximum Gasteiger partial charge on any atom is 0.254 e. The van der Waals surface area contributed by atoms with E-state index >= 15 is 0 Å². The van der Waals surface area contributed by atoms with E-state index in [-0.39, 0.29) is 18.4 Å². The molecule has 0 saturated heterocycles. The van der Waals surface area contributed by atoms with E-state index < -0.39 is 5.25 Å². The summed E-state index contributed by atoms with van der Waals surface area (Å²) >= 11 is 7.45. The molecule has 0 fully saturated rings. The fraction of sp³-hybridized carbons (Fsp3) is 0.250. The van der Waals surface area contributed by atoms with Gasteiger partial charge in [-0.2, -0.15) is 0 Å². The number of benzene rings is 2. The summed E-state index contributed by atoms with van der Waals surface area (Å²) in [5.74, 6) is 0.195. The van der Waals surface area contributed by atoms with E-state index in [9.17, 15) is 9.59 Å². The Morgan fingerprint density at radius 1 is 1.32 bits per heavy atom. The number of methoxy groups -OCH3 is 1. The highest BCUT2D eigenvalue weighted by atomic mass is 35.5. The van der Waals surface area contributed by atoms with Gasteiger partial charge >= 0.3 is 0 Å². The lowest BCUT2D eigenvalue weighted by Crippen LogP contribution is -2.33. The van der Waals surface area contributed by atoms with Gasteiger partial charge < -0.3 is 10.1 Å². The van der Waals surface area contributed by atoms with Crippen LogP contribution in [0.4, 0.5) is 11.4 Å². The second-order valence-corrected chi connectivity index (χ2v) is 7.95. The molecule has 1 N–H and O–H groups in total. The SMILES string of the molecule is COc1ccc(C)cc1NC(=O)[C@H](C)SC1=NCC(=O)N1c1ccccc1Cl. The molecular formula is C20H20ClN3O3S. The molecule has 3 rings (SSSR count). The van der Waals surface area contributed by atoms with Crippen LogP contribution in [0.15, 0.2) is 47.5 Å². The number of nitrogens with zero attached hydrogens (tertiary/aromatic N) is 2. The van der Waals surface area contributed by atoms with Gasteiger partial charge in [-0.25, -0.2) is 0 Å². The predicted molar refractivity (Wildman–Crippen MR) is 115 cm³/mol. The third-order valence-electron chi connectivity index (χ3n) is 4.15. The number of hydrogen-bond acceptors (Lipinski definition) is 5. The zero-order chi connectivity index (χ0) is 20.3. The Labute approximate surface area is 172 Å². The zero-order valence-corrected chi connectivity index (χ0v) is 17.3. The van der Waals surface area contributed by atoms with E-state index in [4.69, 9.17) is 16.3 Å². The molecule has 6 nitrogen and oxygen atoms in total. The molecule has 0 bridgehead atoms. The molecule has 1 atom stereocenters. The van der Waals surface area contributed by atoms with Crippen LogP contribution >= 0.6 is 23.4 Å². The summed E-state index contributed by atoms with van der Waals surface area (Å²) in [6.07, 6.45) is 0. The van der Waals surface area contributed by atoms with Crippen molar-refractivity contribution in [3.8, 4) is 5.75 Å². The normalized spacial score (nSPS) is 14.6. The molecule has 0 radical (unpaired) electrons. The first kappa shape index (κ1) is 20.2. The number of anilines is 2. The average molecular weight is 418 g/mol. The van der Waals surface area contributed by atoms with E-state index in [1.54, 1.807) is 38.3 Å². The highest BCUT2D eigenvalue weighted by Gasteiger charge is 2.31. The highest BCUT2D eigenvalue weighted by molar-refractivity contribution is 8.15. The minimum Gasteiger partial charge on any atom is -0.495 e. The summed E-state index contributed by atoms with van der Waals surface area (Å²) < 4.78 is 5.30. The number of rotatable bonds is 5. The summed E-state index contributed by atoms with van der Waals surface area (Å²) in [6, 6.07) is 12.6. The molecular weight excluding hydrogens is 398 g/mol. The number of nitrogens with one attached hydrogen (secondary N) is 1. The fourth-order valence-electron chi connectivity index (χ4n) is 2.71. The molecule has 0 spiro atoms. The number of amides is 2. The molecule has 8 heteroatoms. The lowest BCUT2D eigenvalue weighted by atomic mass is 10.2. The number of aliphatic imine (C=N–C) groups is 1. The van der Waals surface area contributed by atoms with E-state index in [2.05, 4.69) is 10.3 Å². The number of carbonyl (C=O) groups is 2. The summed E-state index contributed by atoms with van der Waals surface area (Å²) in [7, 11) is 1.55. The second kappa shape index (κ2) is 8.67. The molecule has 146 valence electrons. The van der Waals surface area contributed by atoms with Crippen molar-refractivity contribution in [1.82, 2.24) is 0 Å². The van der Waals surface area contributed by atoms with Crippen LogP contribution in [0.3, 0.4) is 0 Å². The van der Waals surface area contributed by atoms with Gasteiger partial charge in [0.2, 0.25) is 5.91 Å². The topological polar surface area (TPSA) is 71.0 Å². The number of thioether (sulfide) groups is 1. The minimum absolute atomic E-state index is 0.0353. The highest BCUT2D eigenvalue weighted by Crippen LogP contribution is 2.32. The molecule has 0 aromatic heterocycles. The Morgan fingerprint density at radius 3 is 2.79 bits per heavy atom. The van der Waals surface area contributed by atoms with Gasteiger partial charge in [0, 0.05) is 0 Å². The Kier molecular flexibility index (Phi) is 6.26.